The van der Waals surface area contributed by atoms with E-state index in [0.717, 1.165) is 21.7 Å². The number of hydrogen-bond donors (Lipinski definition) is 0. The molecule has 2 aromatic carbocycles. The maximum Gasteiger partial charge on any atom is 0.0852 e. The van der Waals surface area contributed by atoms with E-state index in [4.69, 9.17) is 23.2 Å². The van der Waals surface area contributed by atoms with Gasteiger partial charge in [0.2, 0.25) is 0 Å². The van der Waals surface area contributed by atoms with Gasteiger partial charge >= 0.3 is 0 Å². The molecule has 0 heterocycles. The van der Waals surface area contributed by atoms with Gasteiger partial charge in [-0.15, -0.1) is 11.6 Å². The summed E-state index contributed by atoms with van der Waals surface area (Å²) in [6.45, 7) is 6.19. The van der Waals surface area contributed by atoms with Gasteiger partial charge in [0.25, 0.3) is 0 Å². The molecule has 2 rings (SSSR count). The molecule has 0 spiro atoms. The Morgan fingerprint density at radius 3 is 1.94 bits per heavy atom. The second kappa shape index (κ2) is 5.34. The van der Waals surface area contributed by atoms with Crippen molar-refractivity contribution in [3.8, 4) is 0 Å². The molecule has 0 saturated carbocycles. The zero-order valence-electron chi connectivity index (χ0n) is 10.8. The van der Waals surface area contributed by atoms with Crippen LogP contribution < -0.4 is 0 Å². The van der Waals surface area contributed by atoms with Crippen LogP contribution in [0, 0.1) is 20.8 Å². The average molecular weight is 279 g/mol. The third kappa shape index (κ3) is 2.71. The standard InChI is InChI=1S/C16H16Cl2/c1-10-4-6-13(12(3)8-10)16(18)14-7-5-11(2)9-15(14)17/h4-9,16H,1-3H3. The molecule has 0 fully saturated rings. The van der Waals surface area contributed by atoms with Gasteiger partial charge in [0.05, 0.1) is 5.38 Å². The smallest absolute Gasteiger partial charge is 0.0852 e. The number of benzene rings is 2. The van der Waals surface area contributed by atoms with Gasteiger partial charge in [-0.05, 0) is 49.1 Å². The maximum atomic E-state index is 6.56. The summed E-state index contributed by atoms with van der Waals surface area (Å²) in [6.07, 6.45) is 0. The molecule has 0 aliphatic carbocycles. The lowest BCUT2D eigenvalue weighted by molar-refractivity contribution is 1.10. The first kappa shape index (κ1) is 13.5. The van der Waals surface area contributed by atoms with E-state index in [1.807, 2.05) is 25.1 Å². The summed E-state index contributed by atoms with van der Waals surface area (Å²) < 4.78 is 0. The summed E-state index contributed by atoms with van der Waals surface area (Å²) in [5.74, 6) is 0. The minimum Gasteiger partial charge on any atom is -0.113 e. The van der Waals surface area contributed by atoms with Gasteiger partial charge in [-0.2, -0.15) is 0 Å². The molecule has 0 nitrogen and oxygen atoms in total. The van der Waals surface area contributed by atoms with Crippen molar-refractivity contribution in [3.63, 3.8) is 0 Å². The molecule has 1 atom stereocenters. The maximum absolute atomic E-state index is 6.56. The molecular weight excluding hydrogens is 263 g/mol. The molecule has 0 aromatic heterocycles. The monoisotopic (exact) mass is 278 g/mol. The summed E-state index contributed by atoms with van der Waals surface area (Å²) in [5, 5.41) is 0.536. The predicted octanol–water partition coefficient (Wildman–Crippen LogP) is 5.59. The average Bonchev–Trinajstić information content (AvgIpc) is 2.28. The Kier molecular flexibility index (Phi) is 3.99. The first-order valence-electron chi connectivity index (χ1n) is 5.96. The molecule has 2 aromatic rings. The van der Waals surface area contributed by atoms with Crippen LogP contribution in [-0.4, -0.2) is 0 Å². The van der Waals surface area contributed by atoms with Crippen molar-refractivity contribution < 1.29 is 0 Å². The van der Waals surface area contributed by atoms with E-state index < -0.39 is 0 Å². The topological polar surface area (TPSA) is 0 Å². The number of alkyl halides is 1. The van der Waals surface area contributed by atoms with Crippen molar-refractivity contribution in [1.29, 1.82) is 0 Å². The highest BCUT2D eigenvalue weighted by Crippen LogP contribution is 2.35. The summed E-state index contributed by atoms with van der Waals surface area (Å²) in [4.78, 5) is 0. The fourth-order valence-corrected chi connectivity index (χ4v) is 2.95. The van der Waals surface area contributed by atoms with E-state index in [0.29, 0.717) is 0 Å². The largest absolute Gasteiger partial charge is 0.113 e. The lowest BCUT2D eigenvalue weighted by Gasteiger charge is -2.15. The van der Waals surface area contributed by atoms with Crippen LogP contribution in [0.4, 0.5) is 0 Å². The predicted molar refractivity (Wildman–Crippen MR) is 79.8 cm³/mol. The minimum atomic E-state index is -0.196. The zero-order chi connectivity index (χ0) is 13.3. The van der Waals surface area contributed by atoms with Crippen molar-refractivity contribution in [1.82, 2.24) is 0 Å². The van der Waals surface area contributed by atoms with Gasteiger partial charge in [0, 0.05) is 5.02 Å². The van der Waals surface area contributed by atoms with Gasteiger partial charge in [-0.3, -0.25) is 0 Å². The Bertz CT molecular complexity index is 522. The highest BCUT2D eigenvalue weighted by atomic mass is 35.5. The summed E-state index contributed by atoms with van der Waals surface area (Å²) in [7, 11) is 0. The van der Waals surface area contributed by atoms with Crippen LogP contribution >= 0.6 is 23.2 Å². The van der Waals surface area contributed by atoms with Crippen LogP contribution in [0.25, 0.3) is 0 Å². The second-order valence-corrected chi connectivity index (χ2v) is 5.59. The molecule has 0 aliphatic rings. The van der Waals surface area contributed by atoms with Crippen molar-refractivity contribution >= 4 is 23.2 Å². The van der Waals surface area contributed by atoms with Crippen LogP contribution in [0.5, 0.6) is 0 Å². The lowest BCUT2D eigenvalue weighted by Crippen LogP contribution is -1.98. The highest BCUT2D eigenvalue weighted by molar-refractivity contribution is 6.33. The van der Waals surface area contributed by atoms with Crippen molar-refractivity contribution in [2.75, 3.05) is 0 Å². The SMILES string of the molecule is Cc1ccc(C(Cl)c2ccc(C)cc2Cl)c(C)c1. The molecule has 1 unspecified atom stereocenters. The fraction of sp³-hybridized carbons (Fsp3) is 0.250. The minimum absolute atomic E-state index is 0.196. The van der Waals surface area contributed by atoms with Gasteiger partial charge < -0.3 is 0 Å². The molecule has 0 saturated heterocycles. The number of halogens is 2. The molecule has 2 heteroatoms. The quantitative estimate of drug-likeness (QED) is 0.628. The molecule has 18 heavy (non-hydrogen) atoms. The molecule has 94 valence electrons. The molecular formula is C16H16Cl2. The molecule has 0 bridgehead atoms. The van der Waals surface area contributed by atoms with E-state index >= 15 is 0 Å². The van der Waals surface area contributed by atoms with Gasteiger partial charge in [0.1, 0.15) is 0 Å². The molecule has 0 aliphatic heterocycles. The van der Waals surface area contributed by atoms with Crippen LogP contribution in [-0.2, 0) is 0 Å². The lowest BCUT2D eigenvalue weighted by atomic mass is 9.98. The molecule has 0 amide bonds. The van der Waals surface area contributed by atoms with Crippen molar-refractivity contribution in [2.24, 2.45) is 0 Å². The highest BCUT2D eigenvalue weighted by Gasteiger charge is 2.16. The zero-order valence-corrected chi connectivity index (χ0v) is 12.3. The van der Waals surface area contributed by atoms with Gasteiger partial charge in [0.15, 0.2) is 0 Å². The normalized spacial score (nSPS) is 12.5. The number of rotatable bonds is 2. The van der Waals surface area contributed by atoms with E-state index in [2.05, 4.69) is 32.0 Å². The second-order valence-electron chi connectivity index (χ2n) is 4.75. The third-order valence-electron chi connectivity index (χ3n) is 3.13. The van der Waals surface area contributed by atoms with E-state index in [9.17, 15) is 0 Å². The fourth-order valence-electron chi connectivity index (χ4n) is 2.12. The summed E-state index contributed by atoms with van der Waals surface area (Å²) in [5.41, 5.74) is 5.68. The summed E-state index contributed by atoms with van der Waals surface area (Å²) >= 11 is 12.8. The van der Waals surface area contributed by atoms with E-state index in [1.54, 1.807) is 0 Å². The van der Waals surface area contributed by atoms with Crippen LogP contribution in [0.3, 0.4) is 0 Å². The van der Waals surface area contributed by atoms with Gasteiger partial charge in [-0.1, -0.05) is 47.5 Å². The Morgan fingerprint density at radius 1 is 0.833 bits per heavy atom. The first-order chi connectivity index (χ1) is 8.49. The third-order valence-corrected chi connectivity index (χ3v) is 3.92. The van der Waals surface area contributed by atoms with Crippen molar-refractivity contribution in [2.45, 2.75) is 26.1 Å². The molecule has 0 radical (unpaired) electrons. The van der Waals surface area contributed by atoms with Crippen LogP contribution in [0.15, 0.2) is 36.4 Å². The Balaban J connectivity index is 2.44. The molecule has 0 N–H and O–H groups in total. The summed E-state index contributed by atoms with van der Waals surface area (Å²) in [6, 6.07) is 12.3. The Hall–Kier alpha value is -0.980. The number of aryl methyl sites for hydroxylation is 3. The van der Waals surface area contributed by atoms with E-state index in [1.165, 1.54) is 11.1 Å². The Morgan fingerprint density at radius 2 is 1.39 bits per heavy atom. The van der Waals surface area contributed by atoms with Gasteiger partial charge in [-0.25, -0.2) is 0 Å². The number of hydrogen-bond acceptors (Lipinski definition) is 0. The van der Waals surface area contributed by atoms with Crippen LogP contribution in [0.1, 0.15) is 33.2 Å². The first-order valence-corrected chi connectivity index (χ1v) is 6.78. The van der Waals surface area contributed by atoms with Crippen molar-refractivity contribution in [3.05, 3.63) is 69.2 Å². The van der Waals surface area contributed by atoms with E-state index in [-0.39, 0.29) is 5.38 Å². The van der Waals surface area contributed by atoms with Crippen LogP contribution in [0.2, 0.25) is 5.02 Å². The Labute approximate surface area is 119 Å².